The standard InChI is InChI=1S/C19H14ClN/c20-15-5-3-4-13(11-15)10-14-8-9-17-16-6-1-2-7-18(16)21-19(17)12-14/h1-9,11-12,21H,10H2. The van der Waals surface area contributed by atoms with Crippen molar-refractivity contribution in [3.05, 3.63) is 82.9 Å². The van der Waals surface area contributed by atoms with Gasteiger partial charge in [-0.1, -0.05) is 54.1 Å². The predicted octanol–water partition coefficient (Wildman–Crippen LogP) is 5.57. The first kappa shape index (κ1) is 12.5. The van der Waals surface area contributed by atoms with Gasteiger partial charge in [0.05, 0.1) is 0 Å². The van der Waals surface area contributed by atoms with E-state index in [0.29, 0.717) is 0 Å². The molecule has 0 aliphatic heterocycles. The van der Waals surface area contributed by atoms with E-state index < -0.39 is 0 Å². The molecule has 1 N–H and O–H groups in total. The van der Waals surface area contributed by atoms with Crippen LogP contribution >= 0.6 is 11.6 Å². The maximum atomic E-state index is 6.05. The van der Waals surface area contributed by atoms with Crippen LogP contribution in [0.5, 0.6) is 0 Å². The fraction of sp³-hybridized carbons (Fsp3) is 0.0526. The summed E-state index contributed by atoms with van der Waals surface area (Å²) in [5.41, 5.74) is 4.90. The number of fused-ring (bicyclic) bond motifs is 3. The van der Waals surface area contributed by atoms with E-state index in [1.54, 1.807) is 0 Å². The molecule has 0 amide bonds. The Labute approximate surface area is 128 Å². The molecule has 0 bridgehead atoms. The molecule has 0 saturated heterocycles. The Bertz CT molecular complexity index is 937. The van der Waals surface area contributed by atoms with Gasteiger partial charge in [-0.2, -0.15) is 0 Å². The van der Waals surface area contributed by atoms with Crippen LogP contribution < -0.4 is 0 Å². The quantitative estimate of drug-likeness (QED) is 0.497. The lowest BCUT2D eigenvalue weighted by Crippen LogP contribution is -1.87. The van der Waals surface area contributed by atoms with Crippen molar-refractivity contribution in [2.24, 2.45) is 0 Å². The second-order valence-electron chi connectivity index (χ2n) is 5.36. The fourth-order valence-electron chi connectivity index (χ4n) is 2.89. The molecule has 0 unspecified atom stereocenters. The second-order valence-corrected chi connectivity index (χ2v) is 5.79. The van der Waals surface area contributed by atoms with Gasteiger partial charge in [-0.05, 0) is 41.8 Å². The molecule has 102 valence electrons. The van der Waals surface area contributed by atoms with Crippen molar-refractivity contribution >= 4 is 33.4 Å². The number of halogens is 1. The van der Waals surface area contributed by atoms with Gasteiger partial charge in [-0.15, -0.1) is 0 Å². The average molecular weight is 292 g/mol. The summed E-state index contributed by atoms with van der Waals surface area (Å²) in [6.45, 7) is 0. The zero-order valence-electron chi connectivity index (χ0n) is 11.4. The zero-order chi connectivity index (χ0) is 14.2. The van der Waals surface area contributed by atoms with Crippen LogP contribution in [0.2, 0.25) is 5.02 Å². The van der Waals surface area contributed by atoms with Gasteiger partial charge in [-0.25, -0.2) is 0 Å². The maximum Gasteiger partial charge on any atom is 0.0467 e. The van der Waals surface area contributed by atoms with E-state index in [4.69, 9.17) is 11.6 Å². The highest BCUT2D eigenvalue weighted by molar-refractivity contribution is 6.30. The van der Waals surface area contributed by atoms with Crippen molar-refractivity contribution in [2.45, 2.75) is 6.42 Å². The lowest BCUT2D eigenvalue weighted by Gasteiger charge is -2.03. The van der Waals surface area contributed by atoms with E-state index in [-0.39, 0.29) is 0 Å². The van der Waals surface area contributed by atoms with Gasteiger partial charge in [0.2, 0.25) is 0 Å². The van der Waals surface area contributed by atoms with E-state index >= 15 is 0 Å². The van der Waals surface area contributed by atoms with Crippen LogP contribution in [-0.4, -0.2) is 4.98 Å². The summed E-state index contributed by atoms with van der Waals surface area (Å²) in [5.74, 6) is 0. The van der Waals surface area contributed by atoms with Gasteiger partial charge >= 0.3 is 0 Å². The van der Waals surface area contributed by atoms with Crippen LogP contribution in [0, 0.1) is 0 Å². The van der Waals surface area contributed by atoms with Crippen LogP contribution in [0.1, 0.15) is 11.1 Å². The molecule has 0 spiro atoms. The van der Waals surface area contributed by atoms with E-state index in [0.717, 1.165) is 11.4 Å². The molecule has 4 aromatic rings. The van der Waals surface area contributed by atoms with E-state index in [2.05, 4.69) is 53.5 Å². The zero-order valence-corrected chi connectivity index (χ0v) is 12.2. The van der Waals surface area contributed by atoms with Crippen LogP contribution in [0.25, 0.3) is 21.8 Å². The first-order valence-electron chi connectivity index (χ1n) is 7.03. The Morgan fingerprint density at radius 1 is 0.714 bits per heavy atom. The third-order valence-electron chi connectivity index (χ3n) is 3.87. The summed E-state index contributed by atoms with van der Waals surface area (Å²) in [6, 6.07) is 23.1. The summed E-state index contributed by atoms with van der Waals surface area (Å²) in [6.07, 6.45) is 0.895. The third-order valence-corrected chi connectivity index (χ3v) is 4.10. The molecule has 0 saturated carbocycles. The average Bonchev–Trinajstić information content (AvgIpc) is 2.85. The largest absolute Gasteiger partial charge is 0.355 e. The Kier molecular flexibility index (Phi) is 2.94. The third kappa shape index (κ3) is 2.30. The number of para-hydroxylation sites is 1. The minimum Gasteiger partial charge on any atom is -0.355 e. The molecular weight excluding hydrogens is 278 g/mol. The van der Waals surface area contributed by atoms with Crippen molar-refractivity contribution < 1.29 is 0 Å². The Morgan fingerprint density at radius 3 is 2.43 bits per heavy atom. The number of aromatic amines is 1. The molecule has 0 radical (unpaired) electrons. The monoisotopic (exact) mass is 291 g/mol. The summed E-state index contributed by atoms with van der Waals surface area (Å²) in [5, 5.41) is 3.35. The minimum absolute atomic E-state index is 0.791. The van der Waals surface area contributed by atoms with Crippen molar-refractivity contribution in [3.63, 3.8) is 0 Å². The number of benzene rings is 3. The molecular formula is C19H14ClN. The molecule has 0 aliphatic rings. The van der Waals surface area contributed by atoms with Crippen molar-refractivity contribution in [1.82, 2.24) is 4.98 Å². The van der Waals surface area contributed by atoms with Gasteiger partial charge in [-0.3, -0.25) is 0 Å². The van der Waals surface area contributed by atoms with Gasteiger partial charge < -0.3 is 4.98 Å². The SMILES string of the molecule is Clc1cccc(Cc2ccc3c(c2)[nH]c2ccccc23)c1. The molecule has 2 heteroatoms. The van der Waals surface area contributed by atoms with Crippen molar-refractivity contribution in [2.75, 3.05) is 0 Å². The van der Waals surface area contributed by atoms with Crippen molar-refractivity contribution in [3.8, 4) is 0 Å². The fourth-order valence-corrected chi connectivity index (χ4v) is 3.11. The first-order chi connectivity index (χ1) is 10.3. The summed E-state index contributed by atoms with van der Waals surface area (Å²) in [4.78, 5) is 3.49. The molecule has 1 nitrogen and oxygen atoms in total. The second kappa shape index (κ2) is 4.94. The lowest BCUT2D eigenvalue weighted by molar-refractivity contribution is 1.20. The highest BCUT2D eigenvalue weighted by Crippen LogP contribution is 2.26. The van der Waals surface area contributed by atoms with E-state index in [1.807, 2.05) is 18.2 Å². The van der Waals surface area contributed by atoms with Crippen LogP contribution in [0.15, 0.2) is 66.7 Å². The topological polar surface area (TPSA) is 15.8 Å². The van der Waals surface area contributed by atoms with Gasteiger partial charge in [0.15, 0.2) is 0 Å². The van der Waals surface area contributed by atoms with E-state index in [9.17, 15) is 0 Å². The van der Waals surface area contributed by atoms with Crippen LogP contribution in [0.4, 0.5) is 0 Å². The number of nitrogens with one attached hydrogen (secondary N) is 1. The summed E-state index contributed by atoms with van der Waals surface area (Å²) >= 11 is 6.05. The van der Waals surface area contributed by atoms with Gasteiger partial charge in [0.25, 0.3) is 0 Å². The first-order valence-corrected chi connectivity index (χ1v) is 7.41. The number of hydrogen-bond acceptors (Lipinski definition) is 0. The Morgan fingerprint density at radius 2 is 1.52 bits per heavy atom. The molecule has 1 aromatic heterocycles. The highest BCUT2D eigenvalue weighted by atomic mass is 35.5. The van der Waals surface area contributed by atoms with Gasteiger partial charge in [0.1, 0.15) is 0 Å². The molecule has 0 aliphatic carbocycles. The minimum atomic E-state index is 0.791. The van der Waals surface area contributed by atoms with Crippen molar-refractivity contribution in [1.29, 1.82) is 0 Å². The maximum absolute atomic E-state index is 6.05. The van der Waals surface area contributed by atoms with E-state index in [1.165, 1.54) is 32.9 Å². The Balaban J connectivity index is 1.78. The number of hydrogen-bond donors (Lipinski definition) is 1. The van der Waals surface area contributed by atoms with Crippen LogP contribution in [0.3, 0.4) is 0 Å². The highest BCUT2D eigenvalue weighted by Gasteiger charge is 2.05. The molecule has 21 heavy (non-hydrogen) atoms. The molecule has 4 rings (SSSR count). The van der Waals surface area contributed by atoms with Crippen LogP contribution in [-0.2, 0) is 6.42 Å². The molecule has 3 aromatic carbocycles. The number of aromatic nitrogens is 1. The smallest absolute Gasteiger partial charge is 0.0467 e. The normalized spacial score (nSPS) is 11.3. The number of rotatable bonds is 2. The Hall–Kier alpha value is -2.25. The predicted molar refractivity (Wildman–Crippen MR) is 90.1 cm³/mol. The number of H-pyrrole nitrogens is 1. The lowest BCUT2D eigenvalue weighted by atomic mass is 10.0. The molecule has 0 atom stereocenters. The molecule has 1 heterocycles. The van der Waals surface area contributed by atoms with Gasteiger partial charge in [0, 0.05) is 26.8 Å². The molecule has 0 fully saturated rings. The summed E-state index contributed by atoms with van der Waals surface area (Å²) < 4.78 is 0. The summed E-state index contributed by atoms with van der Waals surface area (Å²) in [7, 11) is 0.